The minimum absolute atomic E-state index is 0.0937. The van der Waals surface area contributed by atoms with E-state index in [2.05, 4.69) is 18.3 Å². The smallest absolute Gasteiger partial charge is 0.0958 e. The number of hydrogen-bond donors (Lipinski definition) is 1. The zero-order valence-corrected chi connectivity index (χ0v) is 10.9. The predicted molar refractivity (Wildman–Crippen MR) is 68.3 cm³/mol. The van der Waals surface area contributed by atoms with Crippen LogP contribution in [-0.2, 0) is 0 Å². The van der Waals surface area contributed by atoms with E-state index in [9.17, 15) is 5.26 Å². The van der Waals surface area contributed by atoms with Crippen LogP contribution in [0.25, 0.3) is 0 Å². The predicted octanol–water partition coefficient (Wildman–Crippen LogP) is 3.09. The van der Waals surface area contributed by atoms with Gasteiger partial charge in [-0.1, -0.05) is 6.92 Å². The molecular weight excluding hydrogens is 208 g/mol. The summed E-state index contributed by atoms with van der Waals surface area (Å²) in [6.07, 6.45) is 9.86. The molecule has 4 aliphatic carbocycles. The van der Waals surface area contributed by atoms with Gasteiger partial charge in [0.15, 0.2) is 0 Å². The molecule has 94 valence electrons. The summed E-state index contributed by atoms with van der Waals surface area (Å²) in [4.78, 5) is 0. The van der Waals surface area contributed by atoms with Crippen LogP contribution >= 0.6 is 0 Å². The second-order valence-corrected chi connectivity index (χ2v) is 6.86. The monoisotopic (exact) mass is 232 g/mol. The number of nitrogens with zero attached hydrogens (tertiary/aromatic N) is 1. The second kappa shape index (κ2) is 4.28. The third-order valence-electron chi connectivity index (χ3n) is 5.41. The molecule has 0 amide bonds. The highest BCUT2D eigenvalue weighted by Gasteiger charge is 2.51. The first-order valence-electron chi connectivity index (χ1n) is 7.36. The van der Waals surface area contributed by atoms with Crippen LogP contribution < -0.4 is 5.32 Å². The van der Waals surface area contributed by atoms with Crippen molar-refractivity contribution in [2.75, 3.05) is 6.54 Å². The molecule has 17 heavy (non-hydrogen) atoms. The molecule has 4 bridgehead atoms. The molecule has 0 aromatic heterocycles. The highest BCUT2D eigenvalue weighted by Crippen LogP contribution is 2.61. The van der Waals surface area contributed by atoms with E-state index in [4.69, 9.17) is 0 Å². The fourth-order valence-electron chi connectivity index (χ4n) is 5.38. The van der Waals surface area contributed by atoms with Crippen LogP contribution in [0.3, 0.4) is 0 Å². The topological polar surface area (TPSA) is 35.8 Å². The molecule has 4 saturated carbocycles. The highest BCUT2D eigenvalue weighted by molar-refractivity contribution is 5.05. The number of hydrogen-bond acceptors (Lipinski definition) is 2. The van der Waals surface area contributed by atoms with Crippen LogP contribution in [0.2, 0.25) is 0 Å². The number of nitrogens with one attached hydrogen (secondary N) is 1. The van der Waals surface area contributed by atoms with Crippen molar-refractivity contribution in [3.05, 3.63) is 0 Å². The van der Waals surface area contributed by atoms with Crippen molar-refractivity contribution in [2.24, 2.45) is 23.2 Å². The summed E-state index contributed by atoms with van der Waals surface area (Å²) in [6.45, 7) is 3.02. The lowest BCUT2D eigenvalue weighted by Gasteiger charge is -2.57. The average molecular weight is 232 g/mol. The lowest BCUT2D eigenvalue weighted by Crippen LogP contribution is -2.48. The van der Waals surface area contributed by atoms with Gasteiger partial charge in [0.25, 0.3) is 0 Å². The maximum atomic E-state index is 9.25. The van der Waals surface area contributed by atoms with Crippen molar-refractivity contribution in [3.8, 4) is 6.07 Å². The normalized spacial score (nSPS) is 44.6. The van der Waals surface area contributed by atoms with Gasteiger partial charge in [0, 0.05) is 0 Å². The average Bonchev–Trinajstić information content (AvgIpc) is 2.26. The molecule has 0 aromatic rings. The molecule has 4 aliphatic rings. The van der Waals surface area contributed by atoms with E-state index in [1.807, 2.05) is 0 Å². The highest BCUT2D eigenvalue weighted by atomic mass is 14.9. The molecule has 0 spiro atoms. The fraction of sp³-hybridized carbons (Fsp3) is 0.933. The Kier molecular flexibility index (Phi) is 2.91. The van der Waals surface area contributed by atoms with E-state index < -0.39 is 0 Å². The summed E-state index contributed by atoms with van der Waals surface area (Å²) >= 11 is 0. The van der Waals surface area contributed by atoms with Gasteiger partial charge in [0.1, 0.15) is 0 Å². The minimum atomic E-state index is 0.0937. The summed E-state index contributed by atoms with van der Waals surface area (Å²) < 4.78 is 0. The molecular formula is C15H24N2. The SMILES string of the molecule is CCNC(C#N)CC12CC3CC(CC(C3)C1)C2. The van der Waals surface area contributed by atoms with Crippen LogP contribution in [0.15, 0.2) is 0 Å². The van der Waals surface area contributed by atoms with Crippen LogP contribution in [0, 0.1) is 34.5 Å². The molecule has 0 aliphatic heterocycles. The summed E-state index contributed by atoms with van der Waals surface area (Å²) in [5.41, 5.74) is 0.539. The van der Waals surface area contributed by atoms with E-state index in [0.29, 0.717) is 5.41 Å². The molecule has 1 atom stereocenters. The molecule has 1 unspecified atom stereocenters. The van der Waals surface area contributed by atoms with Gasteiger partial charge in [-0.15, -0.1) is 0 Å². The summed E-state index contributed by atoms with van der Waals surface area (Å²) in [7, 11) is 0. The van der Waals surface area contributed by atoms with Gasteiger partial charge in [-0.3, -0.25) is 0 Å². The van der Waals surface area contributed by atoms with Gasteiger partial charge in [-0.2, -0.15) is 5.26 Å². The third kappa shape index (κ3) is 2.10. The van der Waals surface area contributed by atoms with Crippen LogP contribution in [-0.4, -0.2) is 12.6 Å². The Morgan fingerprint density at radius 3 is 2.12 bits per heavy atom. The van der Waals surface area contributed by atoms with E-state index >= 15 is 0 Å². The third-order valence-corrected chi connectivity index (χ3v) is 5.41. The van der Waals surface area contributed by atoms with Crippen molar-refractivity contribution in [1.82, 2.24) is 5.32 Å². The molecule has 4 fully saturated rings. The Balaban J connectivity index is 1.71. The molecule has 0 saturated heterocycles. The largest absolute Gasteiger partial charge is 0.302 e. The van der Waals surface area contributed by atoms with Crippen molar-refractivity contribution >= 4 is 0 Å². The van der Waals surface area contributed by atoms with Crippen molar-refractivity contribution in [3.63, 3.8) is 0 Å². The quantitative estimate of drug-likeness (QED) is 0.808. The number of rotatable bonds is 4. The van der Waals surface area contributed by atoms with Crippen molar-refractivity contribution in [1.29, 1.82) is 5.26 Å². The second-order valence-electron chi connectivity index (χ2n) is 6.86. The van der Waals surface area contributed by atoms with E-state index in [1.54, 1.807) is 0 Å². The Labute approximate surface area is 105 Å². The van der Waals surface area contributed by atoms with Crippen LogP contribution in [0.5, 0.6) is 0 Å². The maximum Gasteiger partial charge on any atom is 0.0958 e. The summed E-state index contributed by atoms with van der Waals surface area (Å²) in [5, 5.41) is 12.6. The van der Waals surface area contributed by atoms with Gasteiger partial charge >= 0.3 is 0 Å². The van der Waals surface area contributed by atoms with Gasteiger partial charge in [-0.05, 0) is 74.7 Å². The van der Waals surface area contributed by atoms with E-state index in [1.165, 1.54) is 38.5 Å². The van der Waals surface area contributed by atoms with Crippen LogP contribution in [0.4, 0.5) is 0 Å². The first-order chi connectivity index (χ1) is 8.23. The van der Waals surface area contributed by atoms with Crippen LogP contribution in [0.1, 0.15) is 51.9 Å². The molecule has 2 heteroatoms. The van der Waals surface area contributed by atoms with Gasteiger partial charge < -0.3 is 5.32 Å². The Hall–Kier alpha value is -0.550. The first kappa shape index (κ1) is 11.5. The lowest BCUT2D eigenvalue weighted by atomic mass is 9.48. The first-order valence-corrected chi connectivity index (χ1v) is 7.36. The standard InChI is InChI=1S/C15H24N2/c1-2-17-14(10-16)9-15-6-11-3-12(7-15)5-13(4-11)8-15/h11-14,17H,2-9H2,1H3. The maximum absolute atomic E-state index is 9.25. The van der Waals surface area contributed by atoms with E-state index in [-0.39, 0.29) is 6.04 Å². The molecule has 1 N–H and O–H groups in total. The zero-order valence-electron chi connectivity index (χ0n) is 10.9. The van der Waals surface area contributed by atoms with Gasteiger partial charge in [0.05, 0.1) is 12.1 Å². The van der Waals surface area contributed by atoms with E-state index in [0.717, 1.165) is 30.7 Å². The number of nitriles is 1. The fourth-order valence-corrected chi connectivity index (χ4v) is 5.38. The molecule has 0 heterocycles. The summed E-state index contributed by atoms with van der Waals surface area (Å²) in [6, 6.07) is 2.56. The minimum Gasteiger partial charge on any atom is -0.302 e. The molecule has 0 aromatic carbocycles. The van der Waals surface area contributed by atoms with Crippen molar-refractivity contribution < 1.29 is 0 Å². The van der Waals surface area contributed by atoms with Gasteiger partial charge in [-0.25, -0.2) is 0 Å². The Morgan fingerprint density at radius 2 is 1.71 bits per heavy atom. The molecule has 2 nitrogen and oxygen atoms in total. The zero-order chi connectivity index (χ0) is 11.9. The molecule has 0 radical (unpaired) electrons. The van der Waals surface area contributed by atoms with Gasteiger partial charge in [0.2, 0.25) is 0 Å². The summed E-state index contributed by atoms with van der Waals surface area (Å²) in [5.74, 6) is 3.01. The molecule has 4 rings (SSSR count). The Morgan fingerprint density at radius 1 is 1.18 bits per heavy atom. The lowest BCUT2D eigenvalue weighted by molar-refractivity contribution is -0.0595. The van der Waals surface area contributed by atoms with Crippen molar-refractivity contribution in [2.45, 2.75) is 57.9 Å². The Bertz CT molecular complexity index is 293.